The van der Waals surface area contributed by atoms with Crippen molar-refractivity contribution in [1.29, 1.82) is 0 Å². The summed E-state index contributed by atoms with van der Waals surface area (Å²) in [7, 11) is 0. The lowest BCUT2D eigenvalue weighted by molar-refractivity contribution is 0.0693. The molecule has 0 atom stereocenters. The molecule has 0 unspecified atom stereocenters. The summed E-state index contributed by atoms with van der Waals surface area (Å²) >= 11 is 0. The number of pyridine rings is 1. The average Bonchev–Trinajstić information content (AvgIpc) is 2.63. The van der Waals surface area contributed by atoms with Crippen molar-refractivity contribution >= 4 is 17.8 Å². The Bertz CT molecular complexity index is 797. The van der Waals surface area contributed by atoms with Gasteiger partial charge in [0.15, 0.2) is 0 Å². The highest BCUT2D eigenvalue weighted by molar-refractivity contribution is 5.95. The molecule has 0 bridgehead atoms. The molecule has 0 radical (unpaired) electrons. The van der Waals surface area contributed by atoms with Crippen LogP contribution in [0.1, 0.15) is 21.5 Å². The number of carbonyl (C=O) groups excluding carboxylic acids is 1. The summed E-state index contributed by atoms with van der Waals surface area (Å²) < 4.78 is 5.63. The third kappa shape index (κ3) is 3.92. The number of ether oxygens (including phenoxy) is 1. The minimum atomic E-state index is -0.380. The van der Waals surface area contributed by atoms with Crippen molar-refractivity contribution in [2.75, 3.05) is 0 Å². The summed E-state index contributed by atoms with van der Waals surface area (Å²) in [6, 6.07) is 22.2. The smallest absolute Gasteiger partial charge is 0.343 e. The number of hydrogen-bond acceptors (Lipinski definition) is 3. The van der Waals surface area contributed by atoms with Gasteiger partial charge in [-0.3, -0.25) is 4.98 Å². The van der Waals surface area contributed by atoms with Crippen molar-refractivity contribution in [3.8, 4) is 0 Å². The fraction of sp³-hybridized carbons (Fsp3) is 0. The zero-order valence-electron chi connectivity index (χ0n) is 12.4. The monoisotopic (exact) mass is 301 g/mol. The first-order chi connectivity index (χ1) is 11.3. The van der Waals surface area contributed by atoms with E-state index in [0.29, 0.717) is 11.3 Å². The van der Waals surface area contributed by atoms with Crippen LogP contribution >= 0.6 is 0 Å². The maximum absolute atomic E-state index is 12.3. The summed E-state index contributed by atoms with van der Waals surface area (Å²) in [5, 5.41) is 0. The van der Waals surface area contributed by atoms with E-state index in [-0.39, 0.29) is 5.97 Å². The highest BCUT2D eigenvalue weighted by Gasteiger charge is 2.11. The maximum Gasteiger partial charge on any atom is 0.343 e. The minimum absolute atomic E-state index is 0.380. The summed E-state index contributed by atoms with van der Waals surface area (Å²) in [4.78, 5) is 16.3. The molecule has 0 spiro atoms. The molecular formula is C20H15NO2. The average molecular weight is 301 g/mol. The van der Waals surface area contributed by atoms with Crippen LogP contribution in [0.4, 0.5) is 0 Å². The fourth-order valence-electron chi connectivity index (χ4n) is 2.12. The molecule has 112 valence electrons. The Morgan fingerprint density at radius 1 is 0.783 bits per heavy atom. The lowest BCUT2D eigenvalue weighted by atomic mass is 10.1. The van der Waals surface area contributed by atoms with Crippen LogP contribution in [0.25, 0.3) is 11.8 Å². The van der Waals surface area contributed by atoms with Gasteiger partial charge in [0.1, 0.15) is 5.76 Å². The normalized spacial score (nSPS) is 11.0. The topological polar surface area (TPSA) is 39.2 Å². The van der Waals surface area contributed by atoms with Gasteiger partial charge in [-0.15, -0.1) is 0 Å². The van der Waals surface area contributed by atoms with Gasteiger partial charge in [0.2, 0.25) is 0 Å². The number of carbonyl (C=O) groups is 1. The van der Waals surface area contributed by atoms with Gasteiger partial charge in [-0.1, -0.05) is 48.5 Å². The van der Waals surface area contributed by atoms with Crippen molar-refractivity contribution in [2.24, 2.45) is 0 Å². The van der Waals surface area contributed by atoms with Gasteiger partial charge in [0.05, 0.1) is 5.56 Å². The Morgan fingerprint density at radius 3 is 1.96 bits per heavy atom. The van der Waals surface area contributed by atoms with Crippen molar-refractivity contribution in [3.63, 3.8) is 0 Å². The largest absolute Gasteiger partial charge is 0.422 e. The van der Waals surface area contributed by atoms with Gasteiger partial charge >= 0.3 is 5.97 Å². The molecule has 1 heterocycles. The number of aromatic nitrogens is 1. The van der Waals surface area contributed by atoms with E-state index in [9.17, 15) is 4.79 Å². The van der Waals surface area contributed by atoms with Gasteiger partial charge in [-0.2, -0.15) is 0 Å². The molecule has 0 saturated carbocycles. The van der Waals surface area contributed by atoms with Gasteiger partial charge in [0, 0.05) is 18.0 Å². The molecule has 3 heteroatoms. The number of hydrogen-bond donors (Lipinski definition) is 0. The van der Waals surface area contributed by atoms with Crippen molar-refractivity contribution in [2.45, 2.75) is 0 Å². The van der Waals surface area contributed by atoms with Crippen LogP contribution in [-0.2, 0) is 4.74 Å². The van der Waals surface area contributed by atoms with E-state index in [1.165, 1.54) is 0 Å². The van der Waals surface area contributed by atoms with Gasteiger partial charge in [-0.25, -0.2) is 4.79 Å². The molecule has 0 aliphatic carbocycles. The predicted octanol–water partition coefficient (Wildman–Crippen LogP) is 4.44. The van der Waals surface area contributed by atoms with E-state index in [1.807, 2.05) is 66.7 Å². The molecule has 0 aliphatic rings. The van der Waals surface area contributed by atoms with Crippen LogP contribution in [0.5, 0.6) is 0 Å². The van der Waals surface area contributed by atoms with Gasteiger partial charge in [0.25, 0.3) is 0 Å². The molecule has 3 aromatic rings. The molecule has 0 amide bonds. The molecule has 0 fully saturated rings. The van der Waals surface area contributed by atoms with E-state index >= 15 is 0 Å². The molecule has 0 N–H and O–H groups in total. The summed E-state index contributed by atoms with van der Waals surface area (Å²) in [5.74, 6) is 0.125. The molecule has 2 aromatic carbocycles. The first-order valence-corrected chi connectivity index (χ1v) is 7.27. The van der Waals surface area contributed by atoms with Gasteiger partial charge < -0.3 is 4.74 Å². The molecule has 0 aliphatic heterocycles. The summed E-state index contributed by atoms with van der Waals surface area (Å²) in [5.41, 5.74) is 2.28. The Hall–Kier alpha value is -3.20. The second kappa shape index (κ2) is 7.18. The second-order valence-corrected chi connectivity index (χ2v) is 4.91. The van der Waals surface area contributed by atoms with Crippen molar-refractivity contribution in [1.82, 2.24) is 4.98 Å². The summed E-state index contributed by atoms with van der Waals surface area (Å²) in [6.07, 6.45) is 5.23. The van der Waals surface area contributed by atoms with Crippen LogP contribution < -0.4 is 0 Å². The highest BCUT2D eigenvalue weighted by Crippen LogP contribution is 2.21. The van der Waals surface area contributed by atoms with Crippen molar-refractivity contribution < 1.29 is 9.53 Å². The summed E-state index contributed by atoms with van der Waals surface area (Å²) in [6.45, 7) is 0. The Balaban J connectivity index is 1.93. The standard InChI is InChI=1S/C20H15NO2/c22-20(18-9-5-2-6-10-18)23-19(17-7-3-1-4-8-17)15-16-11-13-21-14-12-16/h1-15H/b19-15+. The lowest BCUT2D eigenvalue weighted by Gasteiger charge is -2.09. The number of esters is 1. The lowest BCUT2D eigenvalue weighted by Crippen LogP contribution is -2.04. The zero-order chi connectivity index (χ0) is 15.9. The molecule has 3 rings (SSSR count). The van der Waals surface area contributed by atoms with E-state index in [2.05, 4.69) is 4.98 Å². The molecular weight excluding hydrogens is 286 g/mol. The first kappa shape index (κ1) is 14.7. The predicted molar refractivity (Wildman–Crippen MR) is 90.4 cm³/mol. The fourth-order valence-corrected chi connectivity index (χ4v) is 2.12. The van der Waals surface area contributed by atoms with Crippen LogP contribution in [0, 0.1) is 0 Å². The van der Waals surface area contributed by atoms with Crippen LogP contribution in [0.2, 0.25) is 0 Å². The zero-order valence-corrected chi connectivity index (χ0v) is 12.4. The second-order valence-electron chi connectivity index (χ2n) is 4.91. The van der Waals surface area contributed by atoms with E-state index in [4.69, 9.17) is 4.74 Å². The molecule has 0 saturated heterocycles. The maximum atomic E-state index is 12.3. The minimum Gasteiger partial charge on any atom is -0.422 e. The van der Waals surface area contributed by atoms with Crippen LogP contribution in [-0.4, -0.2) is 11.0 Å². The Morgan fingerprint density at radius 2 is 1.35 bits per heavy atom. The first-order valence-electron chi connectivity index (χ1n) is 7.27. The Kier molecular flexibility index (Phi) is 4.60. The molecule has 23 heavy (non-hydrogen) atoms. The number of rotatable bonds is 4. The third-order valence-electron chi connectivity index (χ3n) is 3.27. The highest BCUT2D eigenvalue weighted by atomic mass is 16.5. The SMILES string of the molecule is O=C(O/C(=C/c1ccncc1)c1ccccc1)c1ccccc1. The third-order valence-corrected chi connectivity index (χ3v) is 3.27. The van der Waals surface area contributed by atoms with E-state index in [1.54, 1.807) is 24.5 Å². The number of nitrogens with zero attached hydrogens (tertiary/aromatic N) is 1. The number of benzene rings is 2. The van der Waals surface area contributed by atoms with Crippen LogP contribution in [0.15, 0.2) is 85.2 Å². The van der Waals surface area contributed by atoms with E-state index in [0.717, 1.165) is 11.1 Å². The van der Waals surface area contributed by atoms with E-state index < -0.39 is 0 Å². The molecule has 3 nitrogen and oxygen atoms in total. The van der Waals surface area contributed by atoms with Gasteiger partial charge in [-0.05, 0) is 35.9 Å². The van der Waals surface area contributed by atoms with Crippen LogP contribution in [0.3, 0.4) is 0 Å². The Labute approximate surface area is 134 Å². The van der Waals surface area contributed by atoms with Crippen molar-refractivity contribution in [3.05, 3.63) is 102 Å². The molecule has 1 aromatic heterocycles. The quantitative estimate of drug-likeness (QED) is 0.528.